The van der Waals surface area contributed by atoms with Crippen LogP contribution in [0.2, 0.25) is 0 Å². The molecule has 0 aliphatic carbocycles. The first-order chi connectivity index (χ1) is 7.56. The zero-order valence-corrected chi connectivity index (χ0v) is 9.43. The van der Waals surface area contributed by atoms with Gasteiger partial charge in [-0.15, -0.1) is 0 Å². The Morgan fingerprint density at radius 2 is 2.19 bits per heavy atom. The van der Waals surface area contributed by atoms with Gasteiger partial charge < -0.3 is 14.9 Å². The summed E-state index contributed by atoms with van der Waals surface area (Å²) in [6, 6.07) is 4.88. The molecule has 1 aromatic rings. The fourth-order valence-electron chi connectivity index (χ4n) is 1.41. The third-order valence-electron chi connectivity index (χ3n) is 2.26. The molecule has 0 aromatic heterocycles. The molecule has 88 valence electrons. The minimum absolute atomic E-state index is 0.150. The van der Waals surface area contributed by atoms with Crippen LogP contribution in [-0.4, -0.2) is 22.3 Å². The smallest absolute Gasteiger partial charge is 0.344 e. The molecule has 4 heteroatoms. The van der Waals surface area contributed by atoms with E-state index in [2.05, 4.69) is 0 Å². The Morgan fingerprint density at radius 1 is 1.50 bits per heavy atom. The second kappa shape index (κ2) is 5.39. The number of rotatable bonds is 5. The van der Waals surface area contributed by atoms with Crippen LogP contribution in [0.25, 0.3) is 0 Å². The molecule has 4 nitrogen and oxygen atoms in total. The summed E-state index contributed by atoms with van der Waals surface area (Å²) in [5.74, 6) is -0.431. The summed E-state index contributed by atoms with van der Waals surface area (Å²) in [6.07, 6.45) is 0.599. The van der Waals surface area contributed by atoms with E-state index >= 15 is 0 Å². The van der Waals surface area contributed by atoms with Gasteiger partial charge in [0.2, 0.25) is 0 Å². The molecular formula is C12H16O4. The van der Waals surface area contributed by atoms with Gasteiger partial charge in [0, 0.05) is 5.56 Å². The summed E-state index contributed by atoms with van der Waals surface area (Å²) in [5, 5.41) is 18.4. The number of hydrogen-bond donors (Lipinski definition) is 2. The number of aliphatic carboxylic acids is 1. The molecule has 2 N–H and O–H groups in total. The SMILES string of the molecule is CCCc1c(O)cccc1OC(C)C(=O)O. The second-order valence-corrected chi connectivity index (χ2v) is 3.60. The van der Waals surface area contributed by atoms with Gasteiger partial charge in [-0.1, -0.05) is 19.4 Å². The van der Waals surface area contributed by atoms with Crippen LogP contribution in [-0.2, 0) is 11.2 Å². The topological polar surface area (TPSA) is 66.8 Å². The van der Waals surface area contributed by atoms with Crippen LogP contribution >= 0.6 is 0 Å². The van der Waals surface area contributed by atoms with E-state index in [4.69, 9.17) is 9.84 Å². The predicted molar refractivity (Wildman–Crippen MR) is 59.8 cm³/mol. The summed E-state index contributed by atoms with van der Waals surface area (Å²) in [5.41, 5.74) is 0.665. The van der Waals surface area contributed by atoms with Crippen molar-refractivity contribution >= 4 is 5.97 Å². The molecule has 16 heavy (non-hydrogen) atoms. The molecule has 0 fully saturated rings. The third-order valence-corrected chi connectivity index (χ3v) is 2.26. The van der Waals surface area contributed by atoms with Gasteiger partial charge in [-0.2, -0.15) is 0 Å². The molecule has 0 aliphatic heterocycles. The Balaban J connectivity index is 2.94. The van der Waals surface area contributed by atoms with Crippen LogP contribution < -0.4 is 4.74 Å². The van der Waals surface area contributed by atoms with E-state index in [-0.39, 0.29) is 5.75 Å². The molecule has 0 amide bonds. The van der Waals surface area contributed by atoms with E-state index in [0.717, 1.165) is 6.42 Å². The van der Waals surface area contributed by atoms with Crippen LogP contribution in [0.15, 0.2) is 18.2 Å². The van der Waals surface area contributed by atoms with E-state index in [1.807, 2.05) is 6.92 Å². The summed E-state index contributed by atoms with van der Waals surface area (Å²) >= 11 is 0. The number of phenols is 1. The van der Waals surface area contributed by atoms with E-state index < -0.39 is 12.1 Å². The van der Waals surface area contributed by atoms with Gasteiger partial charge in [-0.05, 0) is 25.5 Å². The van der Waals surface area contributed by atoms with Gasteiger partial charge in [-0.3, -0.25) is 0 Å². The zero-order chi connectivity index (χ0) is 12.1. The lowest BCUT2D eigenvalue weighted by Gasteiger charge is -2.15. The van der Waals surface area contributed by atoms with E-state index in [0.29, 0.717) is 17.7 Å². The third kappa shape index (κ3) is 2.89. The lowest BCUT2D eigenvalue weighted by atomic mass is 10.1. The number of ether oxygens (including phenoxy) is 1. The van der Waals surface area contributed by atoms with E-state index in [1.54, 1.807) is 18.2 Å². The summed E-state index contributed by atoms with van der Waals surface area (Å²) < 4.78 is 5.28. The minimum atomic E-state index is -1.02. The van der Waals surface area contributed by atoms with Gasteiger partial charge >= 0.3 is 5.97 Å². The van der Waals surface area contributed by atoms with Crippen LogP contribution in [0.5, 0.6) is 11.5 Å². The Bertz CT molecular complexity index is 373. The van der Waals surface area contributed by atoms with Gasteiger partial charge in [0.15, 0.2) is 6.10 Å². The average molecular weight is 224 g/mol. The molecule has 0 heterocycles. The van der Waals surface area contributed by atoms with Crippen molar-refractivity contribution < 1.29 is 19.7 Å². The summed E-state index contributed by atoms with van der Waals surface area (Å²) in [4.78, 5) is 10.7. The standard InChI is InChI=1S/C12H16O4/c1-3-5-9-10(13)6-4-7-11(9)16-8(2)12(14)15/h4,6-8,13H,3,5H2,1-2H3,(H,14,15). The summed E-state index contributed by atoms with van der Waals surface area (Å²) in [6.45, 7) is 3.44. The largest absolute Gasteiger partial charge is 0.508 e. The predicted octanol–water partition coefficient (Wildman–Crippen LogP) is 2.20. The summed E-state index contributed by atoms with van der Waals surface area (Å²) in [7, 11) is 0. The normalized spacial score (nSPS) is 12.1. The number of phenolic OH excluding ortho intramolecular Hbond substituents is 1. The Kier molecular flexibility index (Phi) is 4.17. The van der Waals surface area contributed by atoms with Gasteiger partial charge in [-0.25, -0.2) is 4.79 Å². The highest BCUT2D eigenvalue weighted by molar-refractivity contribution is 5.72. The van der Waals surface area contributed by atoms with Crippen LogP contribution in [0, 0.1) is 0 Å². The molecule has 0 aliphatic rings. The molecular weight excluding hydrogens is 208 g/mol. The molecule has 0 spiro atoms. The molecule has 0 saturated heterocycles. The lowest BCUT2D eigenvalue weighted by molar-refractivity contribution is -0.144. The van der Waals surface area contributed by atoms with Crippen LogP contribution in [0.3, 0.4) is 0 Å². The first kappa shape index (κ1) is 12.4. The Labute approximate surface area is 94.5 Å². The number of benzene rings is 1. The fraction of sp³-hybridized carbons (Fsp3) is 0.417. The minimum Gasteiger partial charge on any atom is -0.508 e. The van der Waals surface area contributed by atoms with Gasteiger partial charge in [0.25, 0.3) is 0 Å². The highest BCUT2D eigenvalue weighted by Crippen LogP contribution is 2.29. The Hall–Kier alpha value is -1.71. The number of carboxylic acids is 1. The van der Waals surface area contributed by atoms with Crippen molar-refractivity contribution in [3.63, 3.8) is 0 Å². The quantitative estimate of drug-likeness (QED) is 0.804. The Morgan fingerprint density at radius 3 is 2.75 bits per heavy atom. The van der Waals surface area contributed by atoms with Crippen molar-refractivity contribution in [2.75, 3.05) is 0 Å². The maximum absolute atomic E-state index is 10.7. The highest BCUT2D eigenvalue weighted by atomic mass is 16.5. The van der Waals surface area contributed by atoms with Gasteiger partial charge in [0.1, 0.15) is 11.5 Å². The maximum atomic E-state index is 10.7. The lowest BCUT2D eigenvalue weighted by Crippen LogP contribution is -2.23. The zero-order valence-electron chi connectivity index (χ0n) is 9.43. The fourth-order valence-corrected chi connectivity index (χ4v) is 1.41. The van der Waals surface area contributed by atoms with Crippen LogP contribution in [0.4, 0.5) is 0 Å². The first-order valence-electron chi connectivity index (χ1n) is 5.26. The van der Waals surface area contributed by atoms with Crippen molar-refractivity contribution in [2.24, 2.45) is 0 Å². The molecule has 1 atom stereocenters. The molecule has 1 aromatic carbocycles. The molecule has 0 saturated carbocycles. The number of aromatic hydroxyl groups is 1. The van der Waals surface area contributed by atoms with Crippen molar-refractivity contribution in [3.05, 3.63) is 23.8 Å². The van der Waals surface area contributed by atoms with E-state index in [1.165, 1.54) is 6.92 Å². The van der Waals surface area contributed by atoms with Crippen molar-refractivity contribution in [1.29, 1.82) is 0 Å². The highest BCUT2D eigenvalue weighted by Gasteiger charge is 2.16. The molecule has 1 unspecified atom stereocenters. The molecule has 1 rings (SSSR count). The van der Waals surface area contributed by atoms with E-state index in [9.17, 15) is 9.90 Å². The number of carboxylic acid groups (broad SMARTS) is 1. The average Bonchev–Trinajstić information content (AvgIpc) is 2.23. The second-order valence-electron chi connectivity index (χ2n) is 3.60. The van der Waals surface area contributed by atoms with Gasteiger partial charge in [0.05, 0.1) is 0 Å². The van der Waals surface area contributed by atoms with Crippen molar-refractivity contribution in [1.82, 2.24) is 0 Å². The van der Waals surface area contributed by atoms with Crippen molar-refractivity contribution in [3.8, 4) is 11.5 Å². The number of hydrogen-bond acceptors (Lipinski definition) is 3. The molecule has 0 radical (unpaired) electrons. The maximum Gasteiger partial charge on any atom is 0.344 e. The number of carbonyl (C=O) groups is 1. The monoisotopic (exact) mass is 224 g/mol. The van der Waals surface area contributed by atoms with Crippen molar-refractivity contribution in [2.45, 2.75) is 32.8 Å². The van der Waals surface area contributed by atoms with Crippen LogP contribution in [0.1, 0.15) is 25.8 Å². The molecule has 0 bridgehead atoms. The first-order valence-corrected chi connectivity index (χ1v) is 5.26.